The third-order valence-corrected chi connectivity index (χ3v) is 1.90. The molecule has 0 aliphatic heterocycles. The molecule has 3 nitrogen and oxygen atoms in total. The first-order valence-electron chi connectivity index (χ1n) is 4.57. The topological polar surface area (TPSA) is 52.9 Å². The number of benzene rings is 1. The zero-order valence-corrected chi connectivity index (χ0v) is 8.58. The van der Waals surface area contributed by atoms with Crippen LogP contribution in [0.3, 0.4) is 0 Å². The molecule has 0 fully saturated rings. The summed E-state index contributed by atoms with van der Waals surface area (Å²) in [5.74, 6) is -0.300. The summed E-state index contributed by atoms with van der Waals surface area (Å²) in [6.07, 6.45) is -0.134. The number of carbonyl (C=O) groups is 1. The highest BCUT2D eigenvalue weighted by Gasteiger charge is 2.05. The molecule has 15 heavy (non-hydrogen) atoms. The minimum Gasteiger partial charge on any atom is -0.325 e. The summed E-state index contributed by atoms with van der Waals surface area (Å²) in [4.78, 5) is 11.2. The van der Waals surface area contributed by atoms with E-state index >= 15 is 0 Å². The summed E-state index contributed by atoms with van der Waals surface area (Å²) in [7, 11) is 0. The Balaban J connectivity index is 2.90. The highest BCUT2D eigenvalue weighted by molar-refractivity contribution is 5.94. The number of nitrogens with one attached hydrogen (secondary N) is 1. The van der Waals surface area contributed by atoms with Gasteiger partial charge in [0.05, 0.1) is 6.07 Å². The fraction of sp³-hybridized carbons (Fsp3) is 0.167. The van der Waals surface area contributed by atoms with E-state index in [0.29, 0.717) is 5.69 Å². The number of rotatable bonds is 3. The van der Waals surface area contributed by atoms with Gasteiger partial charge in [0.2, 0.25) is 5.91 Å². The first kappa shape index (κ1) is 11.0. The summed E-state index contributed by atoms with van der Waals surface area (Å²) >= 11 is 0. The molecular formula is C12H12N2O. The first-order chi connectivity index (χ1) is 7.15. The fourth-order valence-corrected chi connectivity index (χ4v) is 1.23. The zero-order chi connectivity index (χ0) is 11.3. The maximum Gasteiger partial charge on any atom is 0.238 e. The van der Waals surface area contributed by atoms with Gasteiger partial charge in [-0.3, -0.25) is 4.79 Å². The van der Waals surface area contributed by atoms with E-state index in [-0.39, 0.29) is 12.3 Å². The summed E-state index contributed by atoms with van der Waals surface area (Å²) in [6.45, 7) is 5.69. The molecule has 1 aromatic carbocycles. The van der Waals surface area contributed by atoms with E-state index in [9.17, 15) is 4.79 Å². The van der Waals surface area contributed by atoms with Gasteiger partial charge in [0, 0.05) is 11.3 Å². The van der Waals surface area contributed by atoms with Crippen LogP contribution in [-0.4, -0.2) is 5.91 Å². The number of hydrogen-bond acceptors (Lipinski definition) is 2. The predicted octanol–water partition coefficient (Wildman–Crippen LogP) is 2.57. The zero-order valence-electron chi connectivity index (χ0n) is 8.58. The standard InChI is InChI=1S/C12H12N2O/c1-9(2)10-5-3-4-6-11(10)14-12(15)7-8-13/h3-6H,1,7H2,2H3,(H,14,15). The number of nitriles is 1. The van der Waals surface area contributed by atoms with Crippen molar-refractivity contribution in [1.29, 1.82) is 5.26 Å². The molecule has 0 aliphatic rings. The number of hydrogen-bond donors (Lipinski definition) is 1. The van der Waals surface area contributed by atoms with Crippen LogP contribution in [0.25, 0.3) is 5.57 Å². The smallest absolute Gasteiger partial charge is 0.238 e. The van der Waals surface area contributed by atoms with Crippen LogP contribution in [0.1, 0.15) is 18.9 Å². The van der Waals surface area contributed by atoms with Crippen molar-refractivity contribution in [2.24, 2.45) is 0 Å². The van der Waals surface area contributed by atoms with Crippen molar-refractivity contribution < 1.29 is 4.79 Å². The van der Waals surface area contributed by atoms with Crippen molar-refractivity contribution in [2.45, 2.75) is 13.3 Å². The Kier molecular flexibility index (Phi) is 3.64. The van der Waals surface area contributed by atoms with Crippen LogP contribution in [-0.2, 0) is 4.79 Å². The van der Waals surface area contributed by atoms with Crippen LogP contribution in [0, 0.1) is 11.3 Å². The normalized spacial score (nSPS) is 9.07. The van der Waals surface area contributed by atoms with Crippen LogP contribution in [0.2, 0.25) is 0 Å². The highest BCUT2D eigenvalue weighted by Crippen LogP contribution is 2.21. The second-order valence-electron chi connectivity index (χ2n) is 3.21. The van der Waals surface area contributed by atoms with E-state index in [1.807, 2.05) is 25.1 Å². The third-order valence-electron chi connectivity index (χ3n) is 1.90. The lowest BCUT2D eigenvalue weighted by atomic mass is 10.1. The molecule has 0 spiro atoms. The predicted molar refractivity (Wildman–Crippen MR) is 60.0 cm³/mol. The van der Waals surface area contributed by atoms with Crippen molar-refractivity contribution in [2.75, 3.05) is 5.32 Å². The molecule has 0 heterocycles. The fourth-order valence-electron chi connectivity index (χ4n) is 1.23. The molecule has 0 saturated heterocycles. The van der Waals surface area contributed by atoms with Gasteiger partial charge in [0.15, 0.2) is 0 Å². The van der Waals surface area contributed by atoms with Crippen LogP contribution >= 0.6 is 0 Å². The Morgan fingerprint density at radius 2 is 2.20 bits per heavy atom. The minimum atomic E-state index is -0.300. The first-order valence-corrected chi connectivity index (χ1v) is 4.57. The lowest BCUT2D eigenvalue weighted by Crippen LogP contribution is -2.11. The molecule has 1 rings (SSSR count). The van der Waals surface area contributed by atoms with Gasteiger partial charge in [0.1, 0.15) is 6.42 Å². The average molecular weight is 200 g/mol. The second kappa shape index (κ2) is 4.97. The van der Waals surface area contributed by atoms with E-state index in [0.717, 1.165) is 11.1 Å². The lowest BCUT2D eigenvalue weighted by Gasteiger charge is -2.09. The van der Waals surface area contributed by atoms with Gasteiger partial charge in [-0.05, 0) is 18.6 Å². The van der Waals surface area contributed by atoms with Crippen molar-refractivity contribution >= 4 is 17.2 Å². The summed E-state index contributed by atoms with van der Waals surface area (Å²) in [5, 5.41) is 11.0. The van der Waals surface area contributed by atoms with Crippen molar-refractivity contribution in [1.82, 2.24) is 0 Å². The number of para-hydroxylation sites is 1. The Bertz CT molecular complexity index is 429. The number of carbonyl (C=O) groups excluding carboxylic acids is 1. The monoisotopic (exact) mass is 200 g/mol. The Labute approximate surface area is 89.0 Å². The third kappa shape index (κ3) is 2.96. The molecule has 3 heteroatoms. The van der Waals surface area contributed by atoms with Crippen molar-refractivity contribution in [3.63, 3.8) is 0 Å². The quantitative estimate of drug-likeness (QED) is 0.815. The van der Waals surface area contributed by atoms with Gasteiger partial charge in [-0.25, -0.2) is 0 Å². The van der Waals surface area contributed by atoms with E-state index < -0.39 is 0 Å². The SMILES string of the molecule is C=C(C)c1ccccc1NC(=O)CC#N. The van der Waals surface area contributed by atoms with E-state index in [1.165, 1.54) is 0 Å². The van der Waals surface area contributed by atoms with Crippen molar-refractivity contribution in [3.8, 4) is 6.07 Å². The van der Waals surface area contributed by atoms with Crippen LogP contribution in [0.4, 0.5) is 5.69 Å². The minimum absolute atomic E-state index is 0.134. The molecule has 76 valence electrons. The molecule has 0 bridgehead atoms. The number of nitrogens with zero attached hydrogens (tertiary/aromatic N) is 1. The highest BCUT2D eigenvalue weighted by atomic mass is 16.1. The molecule has 0 atom stereocenters. The maximum absolute atomic E-state index is 11.2. The lowest BCUT2D eigenvalue weighted by molar-refractivity contribution is -0.115. The number of anilines is 1. The van der Waals surface area contributed by atoms with Gasteiger partial charge in [-0.2, -0.15) is 5.26 Å². The van der Waals surface area contributed by atoms with Crippen LogP contribution < -0.4 is 5.32 Å². The Hall–Kier alpha value is -2.08. The van der Waals surface area contributed by atoms with E-state index in [2.05, 4.69) is 11.9 Å². The molecule has 1 N–H and O–H groups in total. The Morgan fingerprint density at radius 1 is 1.53 bits per heavy atom. The van der Waals surface area contributed by atoms with E-state index in [1.54, 1.807) is 12.1 Å². The number of amides is 1. The molecule has 1 amide bonds. The van der Waals surface area contributed by atoms with Crippen molar-refractivity contribution in [3.05, 3.63) is 36.4 Å². The summed E-state index contributed by atoms with van der Waals surface area (Å²) in [5.41, 5.74) is 2.47. The van der Waals surface area contributed by atoms with Crippen LogP contribution in [0.15, 0.2) is 30.8 Å². The Morgan fingerprint density at radius 3 is 2.80 bits per heavy atom. The maximum atomic E-state index is 11.2. The van der Waals surface area contributed by atoms with E-state index in [4.69, 9.17) is 5.26 Å². The van der Waals surface area contributed by atoms with Gasteiger partial charge in [-0.15, -0.1) is 0 Å². The van der Waals surface area contributed by atoms with Gasteiger partial charge in [-0.1, -0.05) is 24.8 Å². The molecule has 0 aromatic heterocycles. The van der Waals surface area contributed by atoms with Gasteiger partial charge >= 0.3 is 0 Å². The summed E-state index contributed by atoms with van der Waals surface area (Å²) in [6, 6.07) is 9.18. The largest absolute Gasteiger partial charge is 0.325 e. The molecule has 0 radical (unpaired) electrons. The number of allylic oxidation sites excluding steroid dienone is 1. The molecule has 1 aromatic rings. The molecule has 0 aliphatic carbocycles. The molecule has 0 unspecified atom stereocenters. The average Bonchev–Trinajstić information content (AvgIpc) is 2.18. The van der Waals surface area contributed by atoms with Crippen LogP contribution in [0.5, 0.6) is 0 Å². The molecule has 0 saturated carbocycles. The van der Waals surface area contributed by atoms with Gasteiger partial charge in [0.25, 0.3) is 0 Å². The van der Waals surface area contributed by atoms with Gasteiger partial charge < -0.3 is 5.32 Å². The summed E-state index contributed by atoms with van der Waals surface area (Å²) < 4.78 is 0. The molecular weight excluding hydrogens is 188 g/mol. The second-order valence-corrected chi connectivity index (χ2v) is 3.21.